The van der Waals surface area contributed by atoms with Gasteiger partial charge in [-0.05, 0) is 37.3 Å². The predicted molar refractivity (Wildman–Crippen MR) is 84.6 cm³/mol. The minimum Gasteiger partial charge on any atom is -0.508 e. The van der Waals surface area contributed by atoms with Crippen LogP contribution in [0.25, 0.3) is 0 Å². The summed E-state index contributed by atoms with van der Waals surface area (Å²) in [5.74, 6) is 0.620. The van der Waals surface area contributed by atoms with Gasteiger partial charge in [0.1, 0.15) is 17.2 Å². The number of hydrogen-bond donors (Lipinski definition) is 5. The molecule has 2 aromatic rings. The monoisotopic (exact) mass is 314 g/mol. The van der Waals surface area contributed by atoms with Crippen molar-refractivity contribution >= 4 is 23.8 Å². The van der Waals surface area contributed by atoms with Gasteiger partial charge in [0.2, 0.25) is 0 Å². The van der Waals surface area contributed by atoms with Gasteiger partial charge in [-0.2, -0.15) is 0 Å². The van der Waals surface area contributed by atoms with Crippen LogP contribution in [0.2, 0.25) is 0 Å². The van der Waals surface area contributed by atoms with E-state index in [2.05, 4.69) is 0 Å². The van der Waals surface area contributed by atoms with E-state index in [0.717, 1.165) is 0 Å². The van der Waals surface area contributed by atoms with Gasteiger partial charge >= 0.3 is 0 Å². The average Bonchev–Trinajstić information content (AvgIpc) is 2.33. The molecule has 7 heteroatoms. The smallest absolute Gasteiger partial charge is 0.194 e. The lowest BCUT2D eigenvalue weighted by Gasteiger charge is -2.10. The van der Waals surface area contributed by atoms with Crippen LogP contribution in [-0.4, -0.2) is 21.6 Å². The summed E-state index contributed by atoms with van der Waals surface area (Å²) in [5, 5.41) is 26.2. The number of halogens is 1. The van der Waals surface area contributed by atoms with E-state index >= 15 is 0 Å². The van der Waals surface area contributed by atoms with E-state index in [1.54, 1.807) is 24.3 Å². The van der Waals surface area contributed by atoms with Gasteiger partial charge in [0.25, 0.3) is 0 Å². The molecule has 21 heavy (non-hydrogen) atoms. The summed E-state index contributed by atoms with van der Waals surface area (Å²) in [6.07, 6.45) is -0.865. The quantitative estimate of drug-likeness (QED) is 0.427. The van der Waals surface area contributed by atoms with Crippen LogP contribution in [0.15, 0.2) is 42.5 Å². The Hall–Kier alpha value is -2.31. The number of nitrogens with two attached hydrogens (primary N) is 2. The number of phenolic OH excluding ortho intramolecular Hbond substituents is 2. The fourth-order valence-corrected chi connectivity index (χ4v) is 1.35. The topological polar surface area (TPSA) is 122 Å². The maximum atomic E-state index is 8.89. The van der Waals surface area contributed by atoms with Crippen molar-refractivity contribution in [3.63, 3.8) is 0 Å². The Morgan fingerprint density at radius 2 is 1.57 bits per heavy atom. The van der Waals surface area contributed by atoms with Crippen molar-refractivity contribution in [2.75, 3.05) is 11.5 Å². The zero-order valence-corrected chi connectivity index (χ0v) is 12.2. The van der Waals surface area contributed by atoms with E-state index in [-0.39, 0.29) is 23.9 Å². The summed E-state index contributed by atoms with van der Waals surface area (Å²) in [6.45, 7) is 1.51. The van der Waals surface area contributed by atoms with Crippen LogP contribution >= 0.6 is 12.4 Å². The molecule has 0 saturated carbocycles. The molecule has 2 aromatic carbocycles. The van der Waals surface area contributed by atoms with E-state index in [4.69, 9.17) is 31.5 Å². The normalized spacial score (nSPS) is 10.6. The highest BCUT2D eigenvalue weighted by atomic mass is 35.5. The molecule has 0 bridgehead atoms. The lowest BCUT2D eigenvalue weighted by molar-refractivity contribution is 0.000281. The number of aliphatic hydroxyl groups is 1. The first-order valence-electron chi connectivity index (χ1n) is 5.86. The second-order valence-corrected chi connectivity index (χ2v) is 4.03. The Morgan fingerprint density at radius 3 is 1.95 bits per heavy atom. The molecule has 1 atom stereocenters. The van der Waals surface area contributed by atoms with Gasteiger partial charge in [-0.3, -0.25) is 0 Å². The highest BCUT2D eigenvalue weighted by Crippen LogP contribution is 2.24. The van der Waals surface area contributed by atoms with Crippen molar-refractivity contribution in [3.8, 4) is 17.2 Å². The highest BCUT2D eigenvalue weighted by Gasteiger charge is 2.02. The third-order valence-electron chi connectivity index (χ3n) is 2.16. The lowest BCUT2D eigenvalue weighted by Crippen LogP contribution is -2.10. The zero-order chi connectivity index (χ0) is 15.1. The molecule has 7 N–H and O–H groups in total. The lowest BCUT2D eigenvalue weighted by atomic mass is 10.2. The van der Waals surface area contributed by atoms with Crippen molar-refractivity contribution in [2.45, 2.75) is 13.2 Å². The van der Waals surface area contributed by atoms with Crippen LogP contribution in [-0.2, 0) is 0 Å². The Kier molecular flexibility index (Phi) is 7.81. The fraction of sp³-hybridized carbons (Fsp3) is 0.143. The first kappa shape index (κ1) is 18.7. The number of benzene rings is 2. The maximum absolute atomic E-state index is 8.89. The number of phenols is 2. The number of ether oxygens (including phenoxy) is 1. The van der Waals surface area contributed by atoms with E-state index in [9.17, 15) is 0 Å². The summed E-state index contributed by atoms with van der Waals surface area (Å²) < 4.78 is 4.97. The van der Waals surface area contributed by atoms with Gasteiger partial charge in [-0.15, -0.1) is 12.4 Å². The molecule has 0 radical (unpaired) electrons. The summed E-state index contributed by atoms with van der Waals surface area (Å²) in [7, 11) is 0. The van der Waals surface area contributed by atoms with Gasteiger partial charge in [0.05, 0.1) is 5.69 Å². The van der Waals surface area contributed by atoms with E-state index in [0.29, 0.717) is 17.1 Å². The van der Waals surface area contributed by atoms with Gasteiger partial charge < -0.3 is 31.5 Å². The number of aromatic hydroxyl groups is 2. The molecular formula is C14H19ClN2O4. The second-order valence-electron chi connectivity index (χ2n) is 4.03. The number of hydrogen-bond acceptors (Lipinski definition) is 6. The van der Waals surface area contributed by atoms with Crippen molar-refractivity contribution in [1.29, 1.82) is 0 Å². The molecule has 0 aliphatic rings. The number of nitrogen functional groups attached to an aromatic ring is 2. The summed E-state index contributed by atoms with van der Waals surface area (Å²) in [4.78, 5) is 0. The molecule has 0 fully saturated rings. The van der Waals surface area contributed by atoms with Gasteiger partial charge in [-0.25, -0.2) is 0 Å². The number of rotatable bonds is 2. The Morgan fingerprint density at radius 1 is 1.00 bits per heavy atom. The van der Waals surface area contributed by atoms with Crippen LogP contribution in [0, 0.1) is 0 Å². The Bertz CT molecular complexity index is 547. The van der Waals surface area contributed by atoms with E-state index in [1.165, 1.54) is 25.1 Å². The minimum absolute atomic E-state index is 0. The Labute approximate surface area is 129 Å². The first-order valence-corrected chi connectivity index (χ1v) is 5.86. The van der Waals surface area contributed by atoms with Gasteiger partial charge in [0.15, 0.2) is 6.29 Å². The van der Waals surface area contributed by atoms with Crippen LogP contribution in [0.1, 0.15) is 6.92 Å². The summed E-state index contributed by atoms with van der Waals surface area (Å²) in [5.41, 5.74) is 12.0. The molecule has 0 aromatic heterocycles. The van der Waals surface area contributed by atoms with E-state index < -0.39 is 6.29 Å². The molecular weight excluding hydrogens is 296 g/mol. The van der Waals surface area contributed by atoms with Gasteiger partial charge in [0, 0.05) is 11.8 Å². The maximum Gasteiger partial charge on any atom is 0.194 e. The van der Waals surface area contributed by atoms with Crippen LogP contribution in [0.5, 0.6) is 17.2 Å². The van der Waals surface area contributed by atoms with Crippen molar-refractivity contribution in [2.24, 2.45) is 0 Å². The molecule has 2 rings (SSSR count). The van der Waals surface area contributed by atoms with Crippen LogP contribution in [0.3, 0.4) is 0 Å². The number of aliphatic hydroxyl groups excluding tert-OH is 1. The second kappa shape index (κ2) is 8.78. The summed E-state index contributed by atoms with van der Waals surface area (Å²) in [6, 6.07) is 10.7. The van der Waals surface area contributed by atoms with E-state index in [1.807, 2.05) is 0 Å². The molecule has 0 heterocycles. The van der Waals surface area contributed by atoms with Crippen molar-refractivity contribution in [3.05, 3.63) is 42.5 Å². The molecule has 0 aliphatic carbocycles. The highest BCUT2D eigenvalue weighted by molar-refractivity contribution is 5.85. The van der Waals surface area contributed by atoms with Gasteiger partial charge in [-0.1, -0.05) is 6.07 Å². The molecule has 0 amide bonds. The third kappa shape index (κ3) is 7.14. The molecule has 116 valence electrons. The molecule has 0 aliphatic heterocycles. The van der Waals surface area contributed by atoms with Crippen molar-refractivity contribution in [1.82, 2.24) is 0 Å². The molecule has 0 spiro atoms. The molecule has 6 nitrogen and oxygen atoms in total. The van der Waals surface area contributed by atoms with Crippen LogP contribution in [0.4, 0.5) is 11.4 Å². The molecule has 0 saturated heterocycles. The first-order chi connectivity index (χ1) is 9.38. The van der Waals surface area contributed by atoms with Crippen LogP contribution < -0.4 is 16.2 Å². The zero-order valence-electron chi connectivity index (χ0n) is 11.4. The third-order valence-corrected chi connectivity index (χ3v) is 2.16. The van der Waals surface area contributed by atoms with Crippen molar-refractivity contribution < 1.29 is 20.1 Å². The SMILES string of the molecule is CC(O)Oc1ccc(N)cc1N.Cl.Oc1cccc(O)c1. The molecule has 1 unspecified atom stereocenters. The predicted octanol–water partition coefficient (Wildman–Crippen LogP) is 2.09. The minimum atomic E-state index is -0.865. The summed E-state index contributed by atoms with van der Waals surface area (Å²) >= 11 is 0. The number of anilines is 2. The fourth-order valence-electron chi connectivity index (χ4n) is 1.35. The standard InChI is InChI=1S/C8H12N2O2.C6H6O2.ClH/c1-5(11)12-8-3-2-6(9)4-7(8)10;7-5-2-1-3-6(8)4-5;/h2-5,11H,9-10H2,1H3;1-4,7-8H;1H. The Balaban J connectivity index is 0.000000390. The largest absolute Gasteiger partial charge is 0.508 e. The average molecular weight is 315 g/mol.